The van der Waals surface area contributed by atoms with Crippen molar-refractivity contribution in [3.8, 4) is 11.1 Å². The van der Waals surface area contributed by atoms with Crippen molar-refractivity contribution in [2.75, 3.05) is 12.3 Å². The summed E-state index contributed by atoms with van der Waals surface area (Å²) >= 11 is 3.43. The van der Waals surface area contributed by atoms with Crippen LogP contribution in [0.5, 0.6) is 0 Å². The molecule has 51 heavy (non-hydrogen) atoms. The van der Waals surface area contributed by atoms with Crippen LogP contribution in [0.2, 0.25) is 0 Å². The number of thioether (sulfide) groups is 1. The molecule has 1 aromatic heterocycles. The highest BCUT2D eigenvalue weighted by Gasteiger charge is 2.38. The van der Waals surface area contributed by atoms with Crippen LogP contribution in [-0.2, 0) is 32.2 Å². The van der Waals surface area contributed by atoms with Gasteiger partial charge in [0.1, 0.15) is 0 Å². The number of nitrogens with one attached hydrogen (secondary N) is 2. The summed E-state index contributed by atoms with van der Waals surface area (Å²) in [5.41, 5.74) is 7.05. The molecule has 0 saturated carbocycles. The van der Waals surface area contributed by atoms with E-state index in [9.17, 15) is 14.7 Å². The topological polar surface area (TPSA) is 110 Å². The summed E-state index contributed by atoms with van der Waals surface area (Å²) in [4.78, 5) is 28.2. The fraction of sp³-hybridized carbons (Fsp3) is 0.341. The van der Waals surface area contributed by atoms with E-state index in [1.807, 2.05) is 54.6 Å². The zero-order chi connectivity index (χ0) is 35.6. The molecule has 1 saturated heterocycles. The van der Waals surface area contributed by atoms with E-state index in [0.29, 0.717) is 19.5 Å². The molecule has 0 radical (unpaired) electrons. The van der Waals surface area contributed by atoms with Crippen molar-refractivity contribution in [2.24, 2.45) is 5.92 Å². The van der Waals surface area contributed by atoms with Gasteiger partial charge in [-0.15, -0.1) is 11.3 Å². The van der Waals surface area contributed by atoms with Gasteiger partial charge in [-0.1, -0.05) is 104 Å². The van der Waals surface area contributed by atoms with Crippen molar-refractivity contribution in [1.29, 1.82) is 0 Å². The molecule has 4 atom stereocenters. The van der Waals surface area contributed by atoms with Crippen LogP contribution in [0.4, 0.5) is 0 Å². The van der Waals surface area contributed by atoms with E-state index >= 15 is 0 Å². The predicted molar refractivity (Wildman–Crippen MR) is 204 cm³/mol. The Morgan fingerprint density at radius 1 is 0.843 bits per heavy atom. The lowest BCUT2D eigenvalue weighted by Crippen LogP contribution is -2.38. The highest BCUT2D eigenvalue weighted by Crippen LogP contribution is 2.43. The van der Waals surface area contributed by atoms with E-state index in [2.05, 4.69) is 60.0 Å². The molecule has 0 bridgehead atoms. The first-order valence-electron chi connectivity index (χ1n) is 17.6. The first-order valence-corrected chi connectivity index (χ1v) is 19.4. The van der Waals surface area contributed by atoms with Crippen LogP contribution in [-0.4, -0.2) is 40.3 Å². The summed E-state index contributed by atoms with van der Waals surface area (Å²) in [5.74, 6) is 0.835. The van der Waals surface area contributed by atoms with Gasteiger partial charge >= 0.3 is 0 Å². The molecular weight excluding hydrogens is 679 g/mol. The monoisotopic (exact) mass is 723 g/mol. The van der Waals surface area contributed by atoms with Crippen LogP contribution < -0.4 is 10.6 Å². The van der Waals surface area contributed by atoms with Crippen molar-refractivity contribution < 1.29 is 24.2 Å². The fourth-order valence-electron chi connectivity index (χ4n) is 6.21. The maximum absolute atomic E-state index is 12.4. The number of para-hydroxylation sites is 1. The number of aliphatic hydroxyl groups is 1. The predicted octanol–water partition coefficient (Wildman–Crippen LogP) is 8.35. The number of ether oxygens (including phenoxy) is 2. The average Bonchev–Trinajstić information content (AvgIpc) is 3.58. The van der Waals surface area contributed by atoms with E-state index in [4.69, 9.17) is 14.5 Å². The molecular formula is C41H45N3O5S2. The number of aliphatic hydroxyl groups excluding tert-OH is 1. The van der Waals surface area contributed by atoms with Crippen molar-refractivity contribution in [1.82, 2.24) is 15.6 Å². The molecule has 1 aliphatic heterocycles. The van der Waals surface area contributed by atoms with Crippen molar-refractivity contribution in [2.45, 2.75) is 75.5 Å². The van der Waals surface area contributed by atoms with Gasteiger partial charge in [-0.05, 0) is 58.9 Å². The lowest BCUT2D eigenvalue weighted by Gasteiger charge is -2.41. The normalized spacial score (nSPS) is 18.8. The third kappa shape index (κ3) is 10.1. The molecule has 0 spiro atoms. The molecule has 4 aromatic carbocycles. The molecule has 0 unspecified atom stereocenters. The Morgan fingerprint density at radius 2 is 1.63 bits per heavy atom. The minimum absolute atomic E-state index is 0.00144. The summed E-state index contributed by atoms with van der Waals surface area (Å²) in [6, 6.07) is 32.8. The molecule has 2 amide bonds. The van der Waals surface area contributed by atoms with Gasteiger partial charge in [0.25, 0.3) is 0 Å². The van der Waals surface area contributed by atoms with E-state index in [1.54, 1.807) is 23.1 Å². The van der Waals surface area contributed by atoms with E-state index < -0.39 is 6.29 Å². The summed E-state index contributed by atoms with van der Waals surface area (Å²) in [6.45, 7) is 4.81. The molecule has 3 N–H and O–H groups in total. The molecule has 8 nitrogen and oxygen atoms in total. The number of unbranched alkanes of at least 4 members (excludes halogenated alkanes) is 2. The van der Waals surface area contributed by atoms with E-state index in [1.165, 1.54) is 11.6 Å². The number of hydrogen-bond donors (Lipinski definition) is 3. The summed E-state index contributed by atoms with van der Waals surface area (Å²) in [6.07, 6.45) is 2.22. The van der Waals surface area contributed by atoms with E-state index in [-0.39, 0.29) is 36.5 Å². The largest absolute Gasteiger partial charge is 0.392 e. The van der Waals surface area contributed by atoms with Crippen molar-refractivity contribution in [3.05, 3.63) is 119 Å². The highest BCUT2D eigenvalue weighted by molar-refractivity contribution is 8.01. The Balaban J connectivity index is 1.10. The second-order valence-corrected chi connectivity index (χ2v) is 15.3. The van der Waals surface area contributed by atoms with Gasteiger partial charge in [0.15, 0.2) is 10.6 Å². The number of rotatable bonds is 15. The van der Waals surface area contributed by atoms with Gasteiger partial charge in [-0.2, -0.15) is 0 Å². The van der Waals surface area contributed by atoms with Gasteiger partial charge in [-0.3, -0.25) is 9.59 Å². The zero-order valence-corrected chi connectivity index (χ0v) is 30.7. The quantitative estimate of drug-likeness (QED) is 0.0736. The summed E-state index contributed by atoms with van der Waals surface area (Å²) in [5, 5.41) is 15.4. The van der Waals surface area contributed by atoms with Gasteiger partial charge < -0.3 is 25.2 Å². The zero-order valence-electron chi connectivity index (χ0n) is 29.0. The van der Waals surface area contributed by atoms with Gasteiger partial charge in [0, 0.05) is 43.7 Å². The van der Waals surface area contributed by atoms with Gasteiger partial charge in [0.2, 0.25) is 11.8 Å². The number of fused-ring (bicyclic) bond motifs is 1. The molecule has 0 aliphatic carbocycles. The number of amides is 2. The Morgan fingerprint density at radius 3 is 2.39 bits per heavy atom. The van der Waals surface area contributed by atoms with Crippen LogP contribution in [0.1, 0.15) is 74.2 Å². The number of aromatic nitrogens is 1. The second kappa shape index (κ2) is 17.9. The Bertz CT molecular complexity index is 1860. The second-order valence-electron chi connectivity index (χ2n) is 13.0. The molecule has 10 heteroatoms. The van der Waals surface area contributed by atoms with Crippen LogP contribution in [0.15, 0.2) is 101 Å². The molecule has 6 rings (SSSR count). The number of nitrogens with zero attached hydrogens (tertiary/aromatic N) is 1. The van der Waals surface area contributed by atoms with Gasteiger partial charge in [-0.25, -0.2) is 4.98 Å². The van der Waals surface area contributed by atoms with Crippen LogP contribution in [0.25, 0.3) is 21.3 Å². The molecule has 1 aliphatic rings. The highest BCUT2D eigenvalue weighted by atomic mass is 32.2. The Kier molecular flexibility index (Phi) is 12.9. The number of hydrogen-bond acceptors (Lipinski definition) is 8. The van der Waals surface area contributed by atoms with E-state index in [0.717, 1.165) is 68.3 Å². The van der Waals surface area contributed by atoms with Crippen LogP contribution >= 0.6 is 23.1 Å². The van der Waals surface area contributed by atoms with Crippen molar-refractivity contribution >= 4 is 45.1 Å². The first-order chi connectivity index (χ1) is 24.9. The first kappa shape index (κ1) is 36.7. The lowest BCUT2D eigenvalue weighted by molar-refractivity contribution is -0.268. The summed E-state index contributed by atoms with van der Waals surface area (Å²) in [7, 11) is 0. The molecule has 5 aromatic rings. The standard InChI is InChI=1S/C41H45N3O5S2/c1-27-36(26-50-41-44-35-11-5-6-12-37(35)51-41)48-40(49-39(27)32-16-14-29(25-45)15-17-32)33-20-18-31(19-21-33)34-10-8-9-30(23-34)24-43-38(47)13-4-3-7-22-42-28(2)46/h5-6,8-12,14-21,23,27,36,39-40,45H,3-4,7,13,22,24-26H2,1-2H3,(H,42,46)(H,43,47)/t27-,36+,39+,40+/m0/s1. The average molecular weight is 724 g/mol. The van der Waals surface area contributed by atoms with Crippen molar-refractivity contribution in [3.63, 3.8) is 0 Å². The van der Waals surface area contributed by atoms with Gasteiger partial charge in [0.05, 0.1) is 29.0 Å². The maximum Gasteiger partial charge on any atom is 0.220 e. The maximum atomic E-state index is 12.4. The minimum atomic E-state index is -0.550. The molecule has 266 valence electrons. The number of benzene rings is 4. The number of carbonyl (C=O) groups excluding carboxylic acids is 2. The third-order valence-electron chi connectivity index (χ3n) is 9.16. The molecule has 1 fully saturated rings. The van der Waals surface area contributed by atoms with Crippen LogP contribution in [0.3, 0.4) is 0 Å². The SMILES string of the molecule is CC(=O)NCCCCCC(=O)NCc1cccc(-c2ccc([C@@H]3O[C@H](CSc4nc5ccccc5s4)[C@H](C)[C@H](c4ccc(CO)cc4)O3)cc2)c1. The smallest absolute Gasteiger partial charge is 0.220 e. The Labute approximate surface area is 308 Å². The summed E-state index contributed by atoms with van der Waals surface area (Å²) < 4.78 is 15.6. The Hall–Kier alpha value is -4.06. The number of thiazole rings is 1. The number of carbonyl (C=O) groups is 2. The molecule has 2 heterocycles. The lowest BCUT2D eigenvalue weighted by atomic mass is 9.91. The minimum Gasteiger partial charge on any atom is -0.392 e. The fourth-order valence-corrected chi connectivity index (χ4v) is 8.47. The third-order valence-corrected chi connectivity index (χ3v) is 11.4. The van der Waals surface area contributed by atoms with Crippen LogP contribution in [0, 0.1) is 5.92 Å².